The molecule has 1 fully saturated rings. The van der Waals surface area contributed by atoms with Crippen LogP contribution in [0.25, 0.3) is 10.6 Å². The van der Waals surface area contributed by atoms with Crippen LogP contribution in [0.1, 0.15) is 30.3 Å². The topological polar surface area (TPSA) is 73.7 Å². The Kier molecular flexibility index (Phi) is 6.18. The normalized spacial score (nSPS) is 15.3. The Morgan fingerprint density at radius 1 is 1.33 bits per heavy atom. The van der Waals surface area contributed by atoms with Crippen molar-refractivity contribution in [3.8, 4) is 10.6 Å². The van der Waals surface area contributed by atoms with Gasteiger partial charge in [-0.05, 0) is 31.5 Å². The van der Waals surface area contributed by atoms with Crippen molar-refractivity contribution in [3.63, 3.8) is 0 Å². The number of carbonyl (C=O) groups excluding carboxylic acids is 1. The van der Waals surface area contributed by atoms with E-state index in [4.69, 9.17) is 5.11 Å². The smallest absolute Gasteiger partial charge is 0.317 e. The number of aliphatic carboxylic acids is 1. The lowest BCUT2D eigenvalue weighted by molar-refractivity contribution is -0.139. The van der Waals surface area contributed by atoms with Crippen molar-refractivity contribution >= 4 is 23.2 Å². The average molecular weight is 391 g/mol. The standard InChI is InChI=1S/C19H22FN3O3S/c1-2-22(11-17(24)25)13-7-9-23(10-8-13)19(26)16-12-27-18(21-16)14-5-3-4-6-15(14)20/h3-6,12-13H,2,7-11H2,1H3,(H,24,25). The summed E-state index contributed by atoms with van der Waals surface area (Å²) in [7, 11) is 0. The maximum absolute atomic E-state index is 13.9. The van der Waals surface area contributed by atoms with Crippen molar-refractivity contribution < 1.29 is 19.1 Å². The number of benzene rings is 1. The van der Waals surface area contributed by atoms with E-state index in [2.05, 4.69) is 4.98 Å². The Hall–Kier alpha value is -2.32. The van der Waals surface area contributed by atoms with Crippen molar-refractivity contribution in [1.29, 1.82) is 0 Å². The molecule has 6 nitrogen and oxygen atoms in total. The van der Waals surface area contributed by atoms with Gasteiger partial charge in [-0.3, -0.25) is 14.5 Å². The highest BCUT2D eigenvalue weighted by molar-refractivity contribution is 7.13. The number of carbonyl (C=O) groups is 2. The van der Waals surface area contributed by atoms with E-state index in [0.29, 0.717) is 35.9 Å². The SMILES string of the molecule is CCN(CC(=O)O)C1CCN(C(=O)c2csc(-c3ccccc3F)n2)CC1. The van der Waals surface area contributed by atoms with Crippen molar-refractivity contribution in [3.05, 3.63) is 41.2 Å². The Bertz CT molecular complexity index is 818. The molecule has 1 N–H and O–H groups in total. The van der Waals surface area contributed by atoms with Gasteiger partial charge >= 0.3 is 5.97 Å². The number of hydrogen-bond acceptors (Lipinski definition) is 5. The summed E-state index contributed by atoms with van der Waals surface area (Å²) < 4.78 is 13.9. The molecule has 1 amide bonds. The van der Waals surface area contributed by atoms with Crippen molar-refractivity contribution in [1.82, 2.24) is 14.8 Å². The number of thiazole rings is 1. The number of piperidine rings is 1. The first-order valence-electron chi connectivity index (χ1n) is 8.95. The van der Waals surface area contributed by atoms with Gasteiger partial charge in [-0.2, -0.15) is 0 Å². The van der Waals surface area contributed by atoms with E-state index in [0.717, 1.165) is 12.8 Å². The van der Waals surface area contributed by atoms with Gasteiger partial charge < -0.3 is 10.0 Å². The molecule has 0 saturated carbocycles. The lowest BCUT2D eigenvalue weighted by Gasteiger charge is -2.37. The maximum atomic E-state index is 13.9. The van der Waals surface area contributed by atoms with Crippen LogP contribution in [0.15, 0.2) is 29.6 Å². The first-order chi connectivity index (χ1) is 13.0. The largest absolute Gasteiger partial charge is 0.480 e. The molecule has 2 heterocycles. The fourth-order valence-electron chi connectivity index (χ4n) is 3.40. The third-order valence-electron chi connectivity index (χ3n) is 4.84. The first kappa shape index (κ1) is 19.4. The average Bonchev–Trinajstić information content (AvgIpc) is 3.16. The predicted molar refractivity (Wildman–Crippen MR) is 101 cm³/mol. The number of halogens is 1. The highest BCUT2D eigenvalue weighted by Gasteiger charge is 2.28. The van der Waals surface area contributed by atoms with Crippen LogP contribution < -0.4 is 0 Å². The highest BCUT2D eigenvalue weighted by atomic mass is 32.1. The molecule has 144 valence electrons. The second-order valence-corrected chi connectivity index (χ2v) is 7.36. The molecule has 1 aliphatic rings. The van der Waals surface area contributed by atoms with Gasteiger partial charge in [0.15, 0.2) is 0 Å². The highest BCUT2D eigenvalue weighted by Crippen LogP contribution is 2.27. The molecule has 0 spiro atoms. The minimum absolute atomic E-state index is 0.0210. The van der Waals surface area contributed by atoms with Crippen LogP contribution in [0, 0.1) is 5.82 Å². The van der Waals surface area contributed by atoms with Crippen LogP contribution in [0.4, 0.5) is 4.39 Å². The Morgan fingerprint density at radius 2 is 2.04 bits per heavy atom. The fraction of sp³-hybridized carbons (Fsp3) is 0.421. The summed E-state index contributed by atoms with van der Waals surface area (Å²) in [6.07, 6.45) is 1.47. The molecule has 0 unspecified atom stereocenters. The molecular formula is C19H22FN3O3S. The number of amides is 1. The Balaban J connectivity index is 1.63. The van der Waals surface area contributed by atoms with E-state index >= 15 is 0 Å². The molecule has 0 atom stereocenters. The number of rotatable bonds is 6. The summed E-state index contributed by atoms with van der Waals surface area (Å²) in [5, 5.41) is 11.2. The number of carboxylic acid groups (broad SMARTS) is 1. The summed E-state index contributed by atoms with van der Waals surface area (Å²) >= 11 is 1.25. The number of nitrogens with zero attached hydrogens (tertiary/aromatic N) is 3. The monoisotopic (exact) mass is 391 g/mol. The van der Waals surface area contributed by atoms with Gasteiger partial charge in [-0.1, -0.05) is 19.1 Å². The van der Waals surface area contributed by atoms with E-state index in [9.17, 15) is 14.0 Å². The van der Waals surface area contributed by atoms with Gasteiger partial charge in [0.1, 0.15) is 16.5 Å². The van der Waals surface area contributed by atoms with Crippen molar-refractivity contribution in [2.45, 2.75) is 25.8 Å². The maximum Gasteiger partial charge on any atom is 0.317 e. The van der Waals surface area contributed by atoms with Gasteiger partial charge in [-0.15, -0.1) is 11.3 Å². The zero-order valence-corrected chi connectivity index (χ0v) is 15.9. The number of hydrogen-bond donors (Lipinski definition) is 1. The fourth-order valence-corrected chi connectivity index (χ4v) is 4.22. The number of likely N-dealkylation sites (tertiary alicyclic amines) is 1. The molecular weight excluding hydrogens is 369 g/mol. The lowest BCUT2D eigenvalue weighted by atomic mass is 10.0. The molecule has 3 rings (SSSR count). The van der Waals surface area contributed by atoms with Crippen molar-refractivity contribution in [2.75, 3.05) is 26.2 Å². The minimum Gasteiger partial charge on any atom is -0.480 e. The van der Waals surface area contributed by atoms with Crippen molar-refractivity contribution in [2.24, 2.45) is 0 Å². The zero-order chi connectivity index (χ0) is 19.4. The second-order valence-electron chi connectivity index (χ2n) is 6.50. The molecule has 27 heavy (non-hydrogen) atoms. The van der Waals surface area contributed by atoms with Crippen LogP contribution in [0.3, 0.4) is 0 Å². The van der Waals surface area contributed by atoms with E-state index in [1.807, 2.05) is 11.8 Å². The second kappa shape index (κ2) is 8.58. The molecule has 8 heteroatoms. The summed E-state index contributed by atoms with van der Waals surface area (Å²) in [6.45, 7) is 3.76. The molecule has 2 aromatic rings. The molecule has 1 aromatic carbocycles. The number of carboxylic acids is 1. The third-order valence-corrected chi connectivity index (χ3v) is 5.72. The quantitative estimate of drug-likeness (QED) is 0.820. The van der Waals surface area contributed by atoms with Crippen LogP contribution in [0.5, 0.6) is 0 Å². The minimum atomic E-state index is -0.835. The van der Waals surface area contributed by atoms with Gasteiger partial charge in [-0.25, -0.2) is 9.37 Å². The zero-order valence-electron chi connectivity index (χ0n) is 15.1. The summed E-state index contributed by atoms with van der Waals surface area (Å²) in [5.74, 6) is -1.35. The number of aromatic nitrogens is 1. The van der Waals surface area contributed by atoms with Crippen LogP contribution in [-0.4, -0.2) is 64.0 Å². The third kappa shape index (κ3) is 4.51. The molecule has 1 aliphatic heterocycles. The van der Waals surface area contributed by atoms with E-state index in [-0.39, 0.29) is 24.3 Å². The summed E-state index contributed by atoms with van der Waals surface area (Å²) in [5.41, 5.74) is 0.724. The molecule has 1 saturated heterocycles. The predicted octanol–water partition coefficient (Wildman–Crippen LogP) is 2.96. The van der Waals surface area contributed by atoms with Crippen LogP contribution >= 0.6 is 11.3 Å². The number of likely N-dealkylation sites (N-methyl/N-ethyl adjacent to an activating group) is 1. The van der Waals surface area contributed by atoms with E-state index in [1.54, 1.807) is 28.5 Å². The molecule has 0 aliphatic carbocycles. The van der Waals surface area contributed by atoms with E-state index < -0.39 is 5.97 Å². The van der Waals surface area contributed by atoms with Gasteiger partial charge in [0.25, 0.3) is 5.91 Å². The van der Waals surface area contributed by atoms with Gasteiger partial charge in [0.2, 0.25) is 0 Å². The van der Waals surface area contributed by atoms with E-state index in [1.165, 1.54) is 17.4 Å². The van der Waals surface area contributed by atoms with Crippen LogP contribution in [0.2, 0.25) is 0 Å². The van der Waals surface area contributed by atoms with Crippen LogP contribution in [-0.2, 0) is 4.79 Å². The first-order valence-corrected chi connectivity index (χ1v) is 9.83. The summed E-state index contributed by atoms with van der Waals surface area (Å²) in [4.78, 5) is 31.7. The molecule has 1 aromatic heterocycles. The lowest BCUT2D eigenvalue weighted by Crippen LogP contribution is -2.48. The summed E-state index contributed by atoms with van der Waals surface area (Å²) in [6, 6.07) is 6.55. The molecule has 0 radical (unpaired) electrons. The Morgan fingerprint density at radius 3 is 2.67 bits per heavy atom. The van der Waals surface area contributed by atoms with Gasteiger partial charge in [0.05, 0.1) is 6.54 Å². The van der Waals surface area contributed by atoms with Gasteiger partial charge in [0, 0.05) is 30.1 Å². The molecule has 0 bridgehead atoms. The Labute approximate surface area is 161 Å².